The summed E-state index contributed by atoms with van der Waals surface area (Å²) in [6, 6.07) is 0. The Kier molecular flexibility index (Phi) is 5.64. The average Bonchev–Trinajstić information content (AvgIpc) is 2.67. The molecule has 0 radical (unpaired) electrons. The Morgan fingerprint density at radius 3 is 2.44 bits per heavy atom. The fraction of sp³-hybridized carbons (Fsp3) is 0.933. The zero-order chi connectivity index (χ0) is 13.8. The van der Waals surface area contributed by atoms with Gasteiger partial charge in [-0.05, 0) is 24.2 Å². The van der Waals surface area contributed by atoms with E-state index in [1.165, 1.54) is 0 Å². The van der Waals surface area contributed by atoms with Crippen molar-refractivity contribution in [2.24, 2.45) is 17.3 Å². The standard InChI is InChI=1S/C15H29NO2/c1-5-11(6-2)13(17)10-16-14(18)12-8-7-9-15(12,3)4/h11-13,17H,5-10H2,1-4H3,(H,16,18). The van der Waals surface area contributed by atoms with Gasteiger partial charge in [-0.25, -0.2) is 0 Å². The Hall–Kier alpha value is -0.570. The molecule has 0 aliphatic heterocycles. The third kappa shape index (κ3) is 3.71. The molecule has 0 bridgehead atoms. The molecule has 1 aliphatic rings. The number of aliphatic hydroxyl groups excluding tert-OH is 1. The zero-order valence-electron chi connectivity index (χ0n) is 12.3. The fourth-order valence-corrected chi connectivity index (χ4v) is 3.14. The molecule has 3 heteroatoms. The molecule has 1 amide bonds. The van der Waals surface area contributed by atoms with E-state index >= 15 is 0 Å². The number of carbonyl (C=O) groups excluding carboxylic acids is 1. The monoisotopic (exact) mass is 255 g/mol. The van der Waals surface area contributed by atoms with Crippen molar-refractivity contribution in [3.63, 3.8) is 0 Å². The van der Waals surface area contributed by atoms with Crippen LogP contribution in [0.4, 0.5) is 0 Å². The number of aliphatic hydroxyl groups is 1. The van der Waals surface area contributed by atoms with Gasteiger partial charge in [0.2, 0.25) is 5.91 Å². The molecule has 2 N–H and O–H groups in total. The van der Waals surface area contributed by atoms with Crippen LogP contribution in [0, 0.1) is 17.3 Å². The van der Waals surface area contributed by atoms with Crippen molar-refractivity contribution < 1.29 is 9.90 Å². The van der Waals surface area contributed by atoms with E-state index in [4.69, 9.17) is 0 Å². The second-order valence-electron chi connectivity index (χ2n) is 6.32. The van der Waals surface area contributed by atoms with Crippen LogP contribution < -0.4 is 5.32 Å². The highest BCUT2D eigenvalue weighted by Crippen LogP contribution is 2.42. The van der Waals surface area contributed by atoms with Crippen molar-refractivity contribution in [1.82, 2.24) is 5.32 Å². The first-order valence-corrected chi connectivity index (χ1v) is 7.38. The summed E-state index contributed by atoms with van der Waals surface area (Å²) in [6.45, 7) is 8.90. The first-order chi connectivity index (χ1) is 8.42. The molecule has 0 spiro atoms. The van der Waals surface area contributed by atoms with Crippen LogP contribution in [0.25, 0.3) is 0 Å². The maximum Gasteiger partial charge on any atom is 0.223 e. The van der Waals surface area contributed by atoms with Crippen LogP contribution in [0.5, 0.6) is 0 Å². The van der Waals surface area contributed by atoms with Gasteiger partial charge < -0.3 is 10.4 Å². The summed E-state index contributed by atoms with van der Waals surface area (Å²) in [5.74, 6) is 0.538. The van der Waals surface area contributed by atoms with Gasteiger partial charge in [0.25, 0.3) is 0 Å². The maximum atomic E-state index is 12.1. The summed E-state index contributed by atoms with van der Waals surface area (Å²) in [4.78, 5) is 12.1. The van der Waals surface area contributed by atoms with Crippen LogP contribution >= 0.6 is 0 Å². The first kappa shape index (κ1) is 15.5. The number of rotatable bonds is 6. The van der Waals surface area contributed by atoms with Gasteiger partial charge in [0.15, 0.2) is 0 Å². The van der Waals surface area contributed by atoms with E-state index in [1.54, 1.807) is 0 Å². The number of amides is 1. The van der Waals surface area contributed by atoms with Gasteiger partial charge in [-0.1, -0.05) is 47.0 Å². The molecular formula is C15H29NO2. The number of nitrogens with one attached hydrogen (secondary N) is 1. The largest absolute Gasteiger partial charge is 0.391 e. The summed E-state index contributed by atoms with van der Waals surface area (Å²) in [5, 5.41) is 13.0. The van der Waals surface area contributed by atoms with Crippen LogP contribution in [-0.2, 0) is 4.79 Å². The van der Waals surface area contributed by atoms with Crippen LogP contribution in [-0.4, -0.2) is 23.7 Å². The summed E-state index contributed by atoms with van der Waals surface area (Å²) >= 11 is 0. The SMILES string of the molecule is CCC(CC)C(O)CNC(=O)C1CCCC1(C)C. The molecule has 0 aromatic carbocycles. The lowest BCUT2D eigenvalue weighted by Gasteiger charge is -2.27. The van der Waals surface area contributed by atoms with Gasteiger partial charge in [0, 0.05) is 12.5 Å². The van der Waals surface area contributed by atoms with Gasteiger partial charge in [-0.15, -0.1) is 0 Å². The molecule has 1 rings (SSSR count). The highest BCUT2D eigenvalue weighted by molar-refractivity contribution is 5.79. The van der Waals surface area contributed by atoms with E-state index in [0.717, 1.165) is 32.1 Å². The maximum absolute atomic E-state index is 12.1. The number of hydrogen-bond acceptors (Lipinski definition) is 2. The van der Waals surface area contributed by atoms with Crippen molar-refractivity contribution >= 4 is 5.91 Å². The van der Waals surface area contributed by atoms with E-state index in [0.29, 0.717) is 12.5 Å². The Morgan fingerprint density at radius 1 is 1.39 bits per heavy atom. The third-order valence-electron chi connectivity index (χ3n) is 4.65. The van der Waals surface area contributed by atoms with Crippen LogP contribution in [0.2, 0.25) is 0 Å². The van der Waals surface area contributed by atoms with Crippen molar-refractivity contribution in [2.45, 2.75) is 65.9 Å². The van der Waals surface area contributed by atoms with E-state index in [2.05, 4.69) is 33.0 Å². The van der Waals surface area contributed by atoms with Crippen LogP contribution in [0.15, 0.2) is 0 Å². The molecule has 3 nitrogen and oxygen atoms in total. The lowest BCUT2D eigenvalue weighted by atomic mass is 9.81. The molecule has 106 valence electrons. The fourth-order valence-electron chi connectivity index (χ4n) is 3.14. The Bertz CT molecular complexity index is 272. The molecule has 1 saturated carbocycles. The van der Waals surface area contributed by atoms with E-state index in [1.807, 2.05) is 0 Å². The smallest absolute Gasteiger partial charge is 0.223 e. The number of carbonyl (C=O) groups is 1. The van der Waals surface area contributed by atoms with Crippen molar-refractivity contribution in [2.75, 3.05) is 6.54 Å². The second kappa shape index (κ2) is 6.55. The molecule has 1 aliphatic carbocycles. The number of hydrogen-bond donors (Lipinski definition) is 2. The van der Waals surface area contributed by atoms with Crippen LogP contribution in [0.1, 0.15) is 59.8 Å². The predicted octanol–water partition coefficient (Wildman–Crippen LogP) is 2.73. The van der Waals surface area contributed by atoms with Gasteiger partial charge in [-0.3, -0.25) is 4.79 Å². The lowest BCUT2D eigenvalue weighted by molar-refractivity contribution is -0.128. The molecule has 18 heavy (non-hydrogen) atoms. The molecule has 0 saturated heterocycles. The molecule has 0 aromatic heterocycles. The quantitative estimate of drug-likeness (QED) is 0.766. The molecule has 2 atom stereocenters. The zero-order valence-corrected chi connectivity index (χ0v) is 12.3. The minimum Gasteiger partial charge on any atom is -0.391 e. The molecule has 0 heterocycles. The van der Waals surface area contributed by atoms with Crippen LogP contribution in [0.3, 0.4) is 0 Å². The summed E-state index contributed by atoms with van der Waals surface area (Å²) in [7, 11) is 0. The molecule has 1 fully saturated rings. The predicted molar refractivity (Wildman–Crippen MR) is 74.2 cm³/mol. The van der Waals surface area contributed by atoms with Crippen molar-refractivity contribution in [1.29, 1.82) is 0 Å². The minimum atomic E-state index is -0.409. The van der Waals surface area contributed by atoms with Gasteiger partial charge >= 0.3 is 0 Å². The Labute approximate surface area is 111 Å². The van der Waals surface area contributed by atoms with Gasteiger partial charge in [0.1, 0.15) is 0 Å². The van der Waals surface area contributed by atoms with E-state index in [-0.39, 0.29) is 17.2 Å². The minimum absolute atomic E-state index is 0.115. The summed E-state index contributed by atoms with van der Waals surface area (Å²) in [6.07, 6.45) is 4.76. The van der Waals surface area contributed by atoms with Crippen molar-refractivity contribution in [3.8, 4) is 0 Å². The van der Waals surface area contributed by atoms with Crippen molar-refractivity contribution in [3.05, 3.63) is 0 Å². The Balaban J connectivity index is 2.41. The van der Waals surface area contributed by atoms with Gasteiger partial charge in [0.05, 0.1) is 6.10 Å². The van der Waals surface area contributed by atoms with E-state index < -0.39 is 6.10 Å². The first-order valence-electron chi connectivity index (χ1n) is 7.38. The molecular weight excluding hydrogens is 226 g/mol. The highest BCUT2D eigenvalue weighted by Gasteiger charge is 2.39. The summed E-state index contributed by atoms with van der Waals surface area (Å²) in [5.41, 5.74) is 0.115. The van der Waals surface area contributed by atoms with E-state index in [9.17, 15) is 9.90 Å². The van der Waals surface area contributed by atoms with Gasteiger partial charge in [-0.2, -0.15) is 0 Å². The normalized spacial score (nSPS) is 24.2. The lowest BCUT2D eigenvalue weighted by Crippen LogP contribution is -2.41. The summed E-state index contributed by atoms with van der Waals surface area (Å²) < 4.78 is 0. The average molecular weight is 255 g/mol. The Morgan fingerprint density at radius 2 is 2.00 bits per heavy atom. The second-order valence-corrected chi connectivity index (χ2v) is 6.32. The topological polar surface area (TPSA) is 49.3 Å². The third-order valence-corrected chi connectivity index (χ3v) is 4.65. The molecule has 2 unspecified atom stereocenters. The molecule has 0 aromatic rings. The highest BCUT2D eigenvalue weighted by atomic mass is 16.3.